The van der Waals surface area contributed by atoms with Crippen LogP contribution in [0, 0.1) is 0 Å². The molecule has 0 spiro atoms. The zero-order chi connectivity index (χ0) is 11.7. The van der Waals surface area contributed by atoms with Crippen LogP contribution in [-0.2, 0) is 19.9 Å². The van der Waals surface area contributed by atoms with E-state index in [9.17, 15) is 16.8 Å². The van der Waals surface area contributed by atoms with Crippen LogP contribution in [0.1, 0.15) is 6.42 Å². The van der Waals surface area contributed by atoms with E-state index in [0.717, 1.165) is 4.31 Å². The molecule has 1 saturated heterocycles. The molecule has 0 amide bonds. The van der Waals surface area contributed by atoms with E-state index in [2.05, 4.69) is 0 Å². The van der Waals surface area contributed by atoms with E-state index < -0.39 is 25.9 Å². The summed E-state index contributed by atoms with van der Waals surface area (Å²) in [5, 5.41) is 0. The quantitative estimate of drug-likeness (QED) is 0.659. The Morgan fingerprint density at radius 3 is 2.47 bits per heavy atom. The Balaban J connectivity index is 2.75. The minimum Gasteiger partial charge on any atom is -0.229 e. The van der Waals surface area contributed by atoms with Gasteiger partial charge in [0.1, 0.15) is 0 Å². The first-order valence-corrected chi connectivity index (χ1v) is 8.47. The largest absolute Gasteiger partial charge is 0.229 e. The van der Waals surface area contributed by atoms with Gasteiger partial charge in [-0.25, -0.2) is 21.1 Å². The van der Waals surface area contributed by atoms with Crippen LogP contribution in [0.25, 0.3) is 0 Å². The number of sulfone groups is 1. The second-order valence-corrected chi connectivity index (χ2v) is 8.33. The van der Waals surface area contributed by atoms with Gasteiger partial charge >= 0.3 is 0 Å². The van der Waals surface area contributed by atoms with E-state index >= 15 is 0 Å². The molecule has 1 aliphatic heterocycles. The highest BCUT2D eigenvalue weighted by Gasteiger charge is 2.35. The third-order valence-corrected chi connectivity index (χ3v) is 6.56. The molecule has 1 heterocycles. The van der Waals surface area contributed by atoms with Gasteiger partial charge in [0.2, 0.25) is 10.0 Å². The van der Waals surface area contributed by atoms with Gasteiger partial charge < -0.3 is 0 Å². The summed E-state index contributed by atoms with van der Waals surface area (Å²) in [4.78, 5) is 0. The summed E-state index contributed by atoms with van der Waals surface area (Å²) in [5.41, 5.74) is 0. The molecule has 1 atom stereocenters. The van der Waals surface area contributed by atoms with Gasteiger partial charge in [-0.2, -0.15) is 0 Å². The normalized spacial score (nSPS) is 25.9. The number of halogens is 1. The fourth-order valence-electron chi connectivity index (χ4n) is 1.53. The molecule has 15 heavy (non-hydrogen) atoms. The van der Waals surface area contributed by atoms with Gasteiger partial charge in [0.15, 0.2) is 9.84 Å². The van der Waals surface area contributed by atoms with Crippen LogP contribution in [0.2, 0.25) is 0 Å². The molecule has 0 aliphatic carbocycles. The molecule has 90 valence electrons. The second kappa shape index (κ2) is 4.57. The molecule has 5 nitrogen and oxygen atoms in total. The van der Waals surface area contributed by atoms with Crippen molar-refractivity contribution in [3.63, 3.8) is 0 Å². The van der Waals surface area contributed by atoms with Crippen molar-refractivity contribution in [3.8, 4) is 0 Å². The SMILES string of the molecule is CN(C1CCS(=O)(=O)C1)S(=O)(=O)CCCl. The smallest absolute Gasteiger partial charge is 0.215 e. The molecule has 0 N–H and O–H groups in total. The molecule has 1 rings (SSSR count). The van der Waals surface area contributed by atoms with Crippen LogP contribution in [0.5, 0.6) is 0 Å². The standard InChI is InChI=1S/C7H14ClNO4S2/c1-9(15(12,13)5-3-8)7-2-4-14(10,11)6-7/h7H,2-6H2,1H3. The van der Waals surface area contributed by atoms with Gasteiger partial charge in [0.05, 0.1) is 17.3 Å². The van der Waals surface area contributed by atoms with Gasteiger partial charge in [-0.05, 0) is 6.42 Å². The van der Waals surface area contributed by atoms with Crippen LogP contribution in [0.3, 0.4) is 0 Å². The first kappa shape index (κ1) is 13.2. The van der Waals surface area contributed by atoms with Crippen LogP contribution >= 0.6 is 11.6 Å². The highest BCUT2D eigenvalue weighted by molar-refractivity contribution is 7.92. The number of nitrogens with zero attached hydrogens (tertiary/aromatic N) is 1. The highest BCUT2D eigenvalue weighted by atomic mass is 35.5. The molecule has 8 heteroatoms. The molecule has 1 unspecified atom stereocenters. The Morgan fingerprint density at radius 1 is 1.47 bits per heavy atom. The Bertz CT molecular complexity index is 416. The van der Waals surface area contributed by atoms with E-state index in [1.807, 2.05) is 0 Å². The third kappa shape index (κ3) is 3.30. The molecule has 1 fully saturated rings. The van der Waals surface area contributed by atoms with Crippen molar-refractivity contribution in [2.75, 3.05) is 30.2 Å². The lowest BCUT2D eigenvalue weighted by molar-refractivity contribution is 0.395. The van der Waals surface area contributed by atoms with Crippen LogP contribution in [-0.4, -0.2) is 57.4 Å². The fraction of sp³-hybridized carbons (Fsp3) is 1.00. The molecule has 0 bridgehead atoms. The first-order valence-electron chi connectivity index (χ1n) is 4.50. The van der Waals surface area contributed by atoms with Gasteiger partial charge in [-0.15, -0.1) is 11.6 Å². The topological polar surface area (TPSA) is 71.5 Å². The van der Waals surface area contributed by atoms with Crippen molar-refractivity contribution in [3.05, 3.63) is 0 Å². The number of sulfonamides is 1. The van der Waals surface area contributed by atoms with E-state index in [4.69, 9.17) is 11.6 Å². The van der Waals surface area contributed by atoms with Crippen molar-refractivity contribution < 1.29 is 16.8 Å². The predicted octanol–water partition coefficient (Wildman–Crippen LogP) is -0.326. The zero-order valence-electron chi connectivity index (χ0n) is 8.39. The van der Waals surface area contributed by atoms with E-state index in [1.54, 1.807) is 0 Å². The van der Waals surface area contributed by atoms with Crippen LogP contribution in [0.15, 0.2) is 0 Å². The molecule has 0 aromatic rings. The van der Waals surface area contributed by atoms with Gasteiger partial charge in [0, 0.05) is 19.0 Å². The Labute approximate surface area is 95.4 Å². The summed E-state index contributed by atoms with van der Waals surface area (Å²) in [5.74, 6) is -0.142. The molecule has 0 radical (unpaired) electrons. The molecule has 1 aliphatic rings. The van der Waals surface area contributed by atoms with Crippen LogP contribution < -0.4 is 0 Å². The van der Waals surface area contributed by atoms with Crippen molar-refractivity contribution in [2.24, 2.45) is 0 Å². The Hall–Kier alpha value is 0.150. The number of hydrogen-bond donors (Lipinski definition) is 0. The monoisotopic (exact) mass is 275 g/mol. The Morgan fingerprint density at radius 2 is 2.07 bits per heavy atom. The summed E-state index contributed by atoms with van der Waals surface area (Å²) in [6.45, 7) is 0. The van der Waals surface area contributed by atoms with Crippen molar-refractivity contribution >= 4 is 31.5 Å². The van der Waals surface area contributed by atoms with Crippen LogP contribution in [0.4, 0.5) is 0 Å². The summed E-state index contributed by atoms with van der Waals surface area (Å²) in [7, 11) is -5.05. The molecule has 0 aromatic heterocycles. The average Bonchev–Trinajstić information content (AvgIpc) is 2.44. The number of alkyl halides is 1. The molecular formula is C7H14ClNO4S2. The number of hydrogen-bond acceptors (Lipinski definition) is 4. The average molecular weight is 276 g/mol. The highest BCUT2D eigenvalue weighted by Crippen LogP contribution is 2.19. The van der Waals surface area contributed by atoms with Crippen molar-refractivity contribution in [1.82, 2.24) is 4.31 Å². The van der Waals surface area contributed by atoms with E-state index in [-0.39, 0.29) is 23.1 Å². The molecule has 0 saturated carbocycles. The molecular weight excluding hydrogens is 262 g/mol. The number of rotatable bonds is 4. The predicted molar refractivity (Wildman–Crippen MR) is 59.3 cm³/mol. The van der Waals surface area contributed by atoms with Crippen molar-refractivity contribution in [2.45, 2.75) is 12.5 Å². The lowest BCUT2D eigenvalue weighted by Gasteiger charge is -2.22. The summed E-state index contributed by atoms with van der Waals surface area (Å²) < 4.78 is 46.7. The first-order chi connectivity index (χ1) is 6.78. The van der Waals surface area contributed by atoms with E-state index in [0.29, 0.717) is 6.42 Å². The lowest BCUT2D eigenvalue weighted by Crippen LogP contribution is -2.39. The molecule has 0 aromatic carbocycles. The van der Waals surface area contributed by atoms with Gasteiger partial charge in [-0.1, -0.05) is 0 Å². The fourth-order valence-corrected chi connectivity index (χ4v) is 5.10. The minimum atomic E-state index is -3.41. The maximum absolute atomic E-state index is 11.6. The Kier molecular flexibility index (Phi) is 4.02. The minimum absolute atomic E-state index is 0.0200. The van der Waals surface area contributed by atoms with Gasteiger partial charge in [-0.3, -0.25) is 0 Å². The second-order valence-electron chi connectivity index (χ2n) is 3.58. The summed E-state index contributed by atoms with van der Waals surface area (Å²) in [6, 6.07) is -0.428. The summed E-state index contributed by atoms with van der Waals surface area (Å²) >= 11 is 5.37. The maximum Gasteiger partial charge on any atom is 0.215 e. The van der Waals surface area contributed by atoms with E-state index in [1.165, 1.54) is 7.05 Å². The third-order valence-electron chi connectivity index (χ3n) is 2.50. The summed E-state index contributed by atoms with van der Waals surface area (Å²) in [6.07, 6.45) is 0.375. The van der Waals surface area contributed by atoms with Crippen molar-refractivity contribution in [1.29, 1.82) is 0 Å². The lowest BCUT2D eigenvalue weighted by atomic mass is 10.3. The van der Waals surface area contributed by atoms with Gasteiger partial charge in [0.25, 0.3) is 0 Å². The maximum atomic E-state index is 11.6. The zero-order valence-corrected chi connectivity index (χ0v) is 10.8.